The molecule has 2 atom stereocenters. The van der Waals surface area contributed by atoms with Crippen molar-refractivity contribution in [3.05, 3.63) is 60.3 Å². The number of rotatable bonds is 3. The maximum absolute atomic E-state index is 4.43. The number of para-hydroxylation sites is 1. The van der Waals surface area contributed by atoms with Crippen LogP contribution in [0.2, 0.25) is 0 Å². The molecule has 6 rings (SSSR count). The highest BCUT2D eigenvalue weighted by Crippen LogP contribution is 2.42. The van der Waals surface area contributed by atoms with Crippen molar-refractivity contribution < 1.29 is 0 Å². The van der Waals surface area contributed by atoms with Crippen molar-refractivity contribution in [1.82, 2.24) is 30.1 Å². The summed E-state index contributed by atoms with van der Waals surface area (Å²) in [5.74, 6) is 0.680. The van der Waals surface area contributed by atoms with Gasteiger partial charge in [-0.15, -0.1) is 5.10 Å². The quantitative estimate of drug-likeness (QED) is 0.576. The Morgan fingerprint density at radius 2 is 1.72 bits per heavy atom. The van der Waals surface area contributed by atoms with Gasteiger partial charge in [-0.25, -0.2) is 4.68 Å². The number of piperidine rings is 1. The minimum Gasteiger partial charge on any atom is -0.300 e. The van der Waals surface area contributed by atoms with E-state index in [2.05, 4.69) is 62.8 Å². The molecule has 2 unspecified atom stereocenters. The Kier molecular flexibility index (Phi) is 3.81. The molecule has 4 aromatic rings. The number of benzene rings is 2. The summed E-state index contributed by atoms with van der Waals surface area (Å²) in [6.07, 6.45) is 7.24. The van der Waals surface area contributed by atoms with Crippen LogP contribution in [0, 0.1) is 0 Å². The number of nitrogens with zero attached hydrogens (tertiary/aromatic N) is 5. The summed E-state index contributed by atoms with van der Waals surface area (Å²) < 4.78 is 1.83. The highest BCUT2D eigenvalue weighted by atomic mass is 15.4. The first-order chi connectivity index (χ1) is 14.3. The van der Waals surface area contributed by atoms with Crippen molar-refractivity contribution >= 4 is 10.9 Å². The minimum absolute atomic E-state index is 0.680. The van der Waals surface area contributed by atoms with Gasteiger partial charge in [0.25, 0.3) is 0 Å². The first-order valence-electron chi connectivity index (χ1n) is 10.4. The monoisotopic (exact) mass is 384 g/mol. The first kappa shape index (κ1) is 16.9. The van der Waals surface area contributed by atoms with E-state index in [0.29, 0.717) is 5.92 Å². The maximum atomic E-state index is 4.43. The van der Waals surface area contributed by atoms with Crippen LogP contribution in [0.25, 0.3) is 28.0 Å². The molecule has 146 valence electrons. The van der Waals surface area contributed by atoms with Gasteiger partial charge in [0.15, 0.2) is 0 Å². The van der Waals surface area contributed by atoms with E-state index in [1.54, 1.807) is 0 Å². The maximum Gasteiger partial charge on any atom is 0.134 e. The van der Waals surface area contributed by atoms with Crippen LogP contribution in [0.3, 0.4) is 0 Å². The van der Waals surface area contributed by atoms with E-state index in [4.69, 9.17) is 0 Å². The van der Waals surface area contributed by atoms with Gasteiger partial charge in [0.05, 0.1) is 17.4 Å². The van der Waals surface area contributed by atoms with Gasteiger partial charge in [-0.3, -0.25) is 5.10 Å². The van der Waals surface area contributed by atoms with Crippen LogP contribution >= 0.6 is 0 Å². The Labute approximate surface area is 169 Å². The Bertz CT molecular complexity index is 1140. The number of H-pyrrole nitrogens is 1. The molecular weight excluding hydrogens is 360 g/mol. The summed E-state index contributed by atoms with van der Waals surface area (Å²) in [6, 6.07) is 18.5. The molecule has 2 aliphatic heterocycles. The number of nitrogens with one attached hydrogen (secondary N) is 1. The van der Waals surface area contributed by atoms with Crippen molar-refractivity contribution in [3.8, 4) is 17.1 Å². The zero-order valence-electron chi connectivity index (χ0n) is 16.5. The van der Waals surface area contributed by atoms with Crippen molar-refractivity contribution in [2.24, 2.45) is 0 Å². The Morgan fingerprint density at radius 3 is 2.52 bits per heavy atom. The van der Waals surface area contributed by atoms with Crippen LogP contribution in [0.5, 0.6) is 0 Å². The fourth-order valence-corrected chi connectivity index (χ4v) is 5.24. The molecule has 0 radical (unpaired) electrons. The molecule has 2 bridgehead atoms. The van der Waals surface area contributed by atoms with E-state index in [9.17, 15) is 0 Å². The summed E-state index contributed by atoms with van der Waals surface area (Å²) in [7, 11) is 2.30. The molecule has 2 fully saturated rings. The lowest BCUT2D eigenvalue weighted by molar-refractivity contribution is 0.161. The van der Waals surface area contributed by atoms with Crippen LogP contribution in [-0.2, 0) is 0 Å². The number of hydrogen-bond acceptors (Lipinski definition) is 4. The van der Waals surface area contributed by atoms with Gasteiger partial charge < -0.3 is 4.90 Å². The highest BCUT2D eigenvalue weighted by Gasteiger charge is 2.38. The summed E-state index contributed by atoms with van der Waals surface area (Å²) in [4.78, 5) is 2.60. The Hall–Kier alpha value is -2.99. The smallest absolute Gasteiger partial charge is 0.134 e. The number of aromatic amines is 1. The molecule has 4 heterocycles. The van der Waals surface area contributed by atoms with Crippen LogP contribution in [0.4, 0.5) is 0 Å². The fraction of sp³-hybridized carbons (Fsp3) is 0.348. The average Bonchev–Trinajstić information content (AvgIpc) is 3.44. The van der Waals surface area contributed by atoms with Gasteiger partial charge in [0.1, 0.15) is 11.4 Å². The predicted molar refractivity (Wildman–Crippen MR) is 113 cm³/mol. The summed E-state index contributed by atoms with van der Waals surface area (Å²) in [5, 5.41) is 17.3. The summed E-state index contributed by atoms with van der Waals surface area (Å²) in [6.45, 7) is 0. The van der Waals surface area contributed by atoms with E-state index >= 15 is 0 Å². The molecule has 2 saturated heterocycles. The zero-order valence-corrected chi connectivity index (χ0v) is 16.5. The van der Waals surface area contributed by atoms with Gasteiger partial charge >= 0.3 is 0 Å². The molecule has 0 saturated carbocycles. The van der Waals surface area contributed by atoms with Crippen molar-refractivity contribution in [2.45, 2.75) is 43.7 Å². The Balaban J connectivity index is 1.25. The second-order valence-electron chi connectivity index (χ2n) is 8.48. The molecular formula is C23H24N6. The van der Waals surface area contributed by atoms with E-state index in [0.717, 1.165) is 40.1 Å². The Morgan fingerprint density at radius 1 is 0.966 bits per heavy atom. The molecule has 2 aromatic heterocycles. The largest absolute Gasteiger partial charge is 0.300 e. The first-order valence-corrected chi connectivity index (χ1v) is 10.4. The fourth-order valence-electron chi connectivity index (χ4n) is 5.24. The van der Waals surface area contributed by atoms with Gasteiger partial charge in [-0.2, -0.15) is 5.10 Å². The highest BCUT2D eigenvalue weighted by molar-refractivity contribution is 5.91. The standard InChI is InChI=1S/C23H24N6/c1-28-18-10-11-19(28)13-16(12-18)15-6-8-17(9-7-15)29-14-22(25-27-29)23-20-4-2-3-5-21(20)24-26-23/h2-9,14,16,18-19H,10-13H2,1H3,(H,24,26). The second-order valence-corrected chi connectivity index (χ2v) is 8.48. The van der Waals surface area contributed by atoms with Crippen LogP contribution in [0.1, 0.15) is 37.2 Å². The molecule has 2 aliphatic rings. The van der Waals surface area contributed by atoms with Gasteiger partial charge in [0, 0.05) is 17.5 Å². The topological polar surface area (TPSA) is 62.6 Å². The number of aromatic nitrogens is 5. The molecule has 6 nitrogen and oxygen atoms in total. The zero-order chi connectivity index (χ0) is 19.4. The lowest BCUT2D eigenvalue weighted by Crippen LogP contribution is -2.39. The van der Waals surface area contributed by atoms with Gasteiger partial charge in [-0.1, -0.05) is 35.5 Å². The molecule has 1 N–H and O–H groups in total. The molecule has 0 aliphatic carbocycles. The molecule has 0 spiro atoms. The van der Waals surface area contributed by atoms with E-state index in [1.165, 1.54) is 31.2 Å². The van der Waals surface area contributed by atoms with E-state index in [-0.39, 0.29) is 0 Å². The number of hydrogen-bond donors (Lipinski definition) is 1. The van der Waals surface area contributed by atoms with Crippen LogP contribution in [-0.4, -0.2) is 49.2 Å². The lowest BCUT2D eigenvalue weighted by Gasteiger charge is -2.36. The van der Waals surface area contributed by atoms with Crippen LogP contribution < -0.4 is 0 Å². The van der Waals surface area contributed by atoms with Crippen molar-refractivity contribution in [1.29, 1.82) is 0 Å². The molecule has 6 heteroatoms. The lowest BCUT2D eigenvalue weighted by atomic mass is 9.85. The third kappa shape index (κ3) is 2.78. The molecule has 29 heavy (non-hydrogen) atoms. The van der Waals surface area contributed by atoms with E-state index in [1.807, 2.05) is 29.1 Å². The second kappa shape index (κ2) is 6.52. The van der Waals surface area contributed by atoms with Crippen molar-refractivity contribution in [3.63, 3.8) is 0 Å². The van der Waals surface area contributed by atoms with Gasteiger partial charge in [-0.05, 0) is 62.4 Å². The summed E-state index contributed by atoms with van der Waals surface area (Å²) >= 11 is 0. The molecule has 0 amide bonds. The normalized spacial score (nSPS) is 24.4. The number of fused-ring (bicyclic) bond motifs is 3. The van der Waals surface area contributed by atoms with Crippen molar-refractivity contribution in [2.75, 3.05) is 7.05 Å². The average molecular weight is 384 g/mol. The third-order valence-corrected chi connectivity index (χ3v) is 6.93. The minimum atomic E-state index is 0.680. The SMILES string of the molecule is CN1C2CCC1CC(c1ccc(-n3cc(-c4n[nH]c5ccccc45)nn3)cc1)C2. The van der Waals surface area contributed by atoms with Gasteiger partial charge in [0.2, 0.25) is 0 Å². The third-order valence-electron chi connectivity index (χ3n) is 6.93. The van der Waals surface area contributed by atoms with Crippen LogP contribution in [0.15, 0.2) is 54.7 Å². The summed E-state index contributed by atoms with van der Waals surface area (Å²) in [5.41, 5.74) is 5.11. The molecule has 2 aromatic carbocycles. The predicted octanol–water partition coefficient (Wildman–Crippen LogP) is 4.15. The van der Waals surface area contributed by atoms with E-state index < -0.39 is 0 Å².